The van der Waals surface area contributed by atoms with Crippen LogP contribution in [0, 0.1) is 11.3 Å². The first-order valence-corrected chi connectivity index (χ1v) is 12.0. The summed E-state index contributed by atoms with van der Waals surface area (Å²) in [6.45, 7) is 6.55. The average molecular weight is 503 g/mol. The van der Waals surface area contributed by atoms with Gasteiger partial charge in [-0.25, -0.2) is 0 Å². The Morgan fingerprint density at radius 2 is 1.82 bits per heavy atom. The largest absolute Gasteiger partial charge is 0.436 e. The molecular formula is C22H26ClF3N4O2S. The molecule has 33 heavy (non-hydrogen) atoms. The molecular weight excluding hydrogens is 477 g/mol. The van der Waals surface area contributed by atoms with E-state index in [0.717, 1.165) is 40.8 Å². The zero-order chi connectivity index (χ0) is 24.3. The van der Waals surface area contributed by atoms with Crippen molar-refractivity contribution in [2.75, 3.05) is 5.32 Å². The molecule has 180 valence electrons. The van der Waals surface area contributed by atoms with E-state index in [-0.39, 0.29) is 17.4 Å². The Morgan fingerprint density at radius 1 is 1.15 bits per heavy atom. The molecule has 2 N–H and O–H groups in total. The summed E-state index contributed by atoms with van der Waals surface area (Å²) >= 11 is 7.20. The summed E-state index contributed by atoms with van der Waals surface area (Å²) in [6.07, 6.45) is -0.539. The number of nitrogens with one attached hydrogen (secondary N) is 2. The van der Waals surface area contributed by atoms with Gasteiger partial charge in [0.1, 0.15) is 15.7 Å². The first-order valence-electron chi connectivity index (χ1n) is 10.8. The zero-order valence-corrected chi connectivity index (χ0v) is 20.4. The van der Waals surface area contributed by atoms with E-state index in [2.05, 4.69) is 36.5 Å². The lowest BCUT2D eigenvalue weighted by Gasteiger charge is -2.33. The van der Waals surface area contributed by atoms with E-state index < -0.39 is 28.5 Å². The number of alkyl halides is 3. The first kappa shape index (κ1) is 24.1. The molecule has 1 atom stereocenters. The van der Waals surface area contributed by atoms with Gasteiger partial charge < -0.3 is 10.6 Å². The normalized spacial score (nSPS) is 18.7. The Balaban J connectivity index is 1.69. The lowest BCUT2D eigenvalue weighted by atomic mass is 9.72. The van der Waals surface area contributed by atoms with Gasteiger partial charge in [0, 0.05) is 18.0 Å². The predicted molar refractivity (Wildman–Crippen MR) is 121 cm³/mol. The maximum atomic E-state index is 13.2. The number of thiophene rings is 1. The molecule has 0 unspecified atom stereocenters. The van der Waals surface area contributed by atoms with Crippen LogP contribution in [0.5, 0.6) is 0 Å². The van der Waals surface area contributed by atoms with E-state index in [1.807, 2.05) is 0 Å². The Labute approximate surface area is 198 Å². The number of aromatic nitrogens is 2. The summed E-state index contributed by atoms with van der Waals surface area (Å²) < 4.78 is 40.3. The number of anilines is 1. The molecule has 0 radical (unpaired) electrons. The van der Waals surface area contributed by atoms with Gasteiger partial charge >= 0.3 is 6.18 Å². The van der Waals surface area contributed by atoms with Gasteiger partial charge in [0.05, 0.1) is 5.56 Å². The second kappa shape index (κ2) is 8.30. The third-order valence-electron chi connectivity index (χ3n) is 6.33. The number of carbonyl (C=O) groups is 2. The van der Waals surface area contributed by atoms with Gasteiger partial charge in [-0.05, 0) is 49.0 Å². The second-order valence-electron chi connectivity index (χ2n) is 9.85. The number of nitrogens with zero attached hydrogens (tertiary/aromatic N) is 2. The summed E-state index contributed by atoms with van der Waals surface area (Å²) in [5.41, 5.74) is -0.297. The number of hydrogen-bond acceptors (Lipinski definition) is 4. The van der Waals surface area contributed by atoms with Crippen LogP contribution >= 0.6 is 22.9 Å². The van der Waals surface area contributed by atoms with Crippen LogP contribution in [0.25, 0.3) is 0 Å². The van der Waals surface area contributed by atoms with Crippen molar-refractivity contribution in [3.63, 3.8) is 0 Å². The highest BCUT2D eigenvalue weighted by Crippen LogP contribution is 2.45. The quantitative estimate of drug-likeness (QED) is 0.583. The van der Waals surface area contributed by atoms with Crippen LogP contribution < -0.4 is 10.6 Å². The van der Waals surface area contributed by atoms with Crippen LogP contribution in [0.15, 0.2) is 0 Å². The number of hydrogen-bond donors (Lipinski definition) is 2. The summed E-state index contributed by atoms with van der Waals surface area (Å²) in [5.74, 6) is -0.670. The Kier molecular flexibility index (Phi) is 6.05. The van der Waals surface area contributed by atoms with E-state index in [1.54, 1.807) is 0 Å². The molecule has 0 aliphatic heterocycles. The fraction of sp³-hybridized carbons (Fsp3) is 0.591. The number of halogens is 4. The van der Waals surface area contributed by atoms with Crippen molar-refractivity contribution in [1.82, 2.24) is 15.1 Å². The number of aryl methyl sites for hydroxylation is 1. The molecule has 2 aromatic heterocycles. The van der Waals surface area contributed by atoms with Crippen molar-refractivity contribution in [3.05, 3.63) is 32.4 Å². The van der Waals surface area contributed by atoms with Crippen LogP contribution in [0.2, 0.25) is 5.02 Å². The molecule has 0 bridgehead atoms. The van der Waals surface area contributed by atoms with Gasteiger partial charge in [-0.3, -0.25) is 14.3 Å². The minimum Gasteiger partial charge on any atom is -0.349 e. The van der Waals surface area contributed by atoms with E-state index in [4.69, 9.17) is 11.6 Å². The Bertz CT molecular complexity index is 1110. The van der Waals surface area contributed by atoms with E-state index in [9.17, 15) is 22.8 Å². The smallest absolute Gasteiger partial charge is 0.349 e. The van der Waals surface area contributed by atoms with Gasteiger partial charge in [-0.15, -0.1) is 11.3 Å². The fourth-order valence-corrected chi connectivity index (χ4v) is 5.90. The summed E-state index contributed by atoms with van der Waals surface area (Å²) in [5, 5.41) is 8.58. The summed E-state index contributed by atoms with van der Waals surface area (Å²) in [6, 6.07) is 0.128. The van der Waals surface area contributed by atoms with E-state index >= 15 is 0 Å². The topological polar surface area (TPSA) is 76.0 Å². The fourth-order valence-electron chi connectivity index (χ4n) is 4.23. The van der Waals surface area contributed by atoms with Crippen molar-refractivity contribution in [3.8, 4) is 0 Å². The van der Waals surface area contributed by atoms with Crippen LogP contribution in [-0.4, -0.2) is 27.6 Å². The predicted octanol–water partition coefficient (Wildman–Crippen LogP) is 5.45. The van der Waals surface area contributed by atoms with Crippen LogP contribution in [0.4, 0.5) is 18.2 Å². The molecule has 1 fully saturated rings. The molecule has 4 rings (SSSR count). The van der Waals surface area contributed by atoms with Gasteiger partial charge in [0.25, 0.3) is 11.8 Å². The summed E-state index contributed by atoms with van der Waals surface area (Å²) in [4.78, 5) is 27.1. The third kappa shape index (κ3) is 4.77. The number of carbonyl (C=O) groups excluding carboxylic acids is 2. The minimum atomic E-state index is -4.79. The monoisotopic (exact) mass is 502 g/mol. The van der Waals surface area contributed by atoms with Gasteiger partial charge in [0.15, 0.2) is 5.69 Å². The molecule has 11 heteroatoms. The highest BCUT2D eigenvalue weighted by atomic mass is 35.5. The second-order valence-corrected chi connectivity index (χ2v) is 11.3. The maximum Gasteiger partial charge on any atom is 0.436 e. The molecule has 2 amide bonds. The molecule has 0 aromatic carbocycles. The SMILES string of the molecule is Cn1nc(C(F)(F)F)c(Cl)c1C(=O)Nc1sc2c(c1C(=O)NC1CC1)CC[C@@H](C(C)(C)C)C2. The maximum absolute atomic E-state index is 13.2. The summed E-state index contributed by atoms with van der Waals surface area (Å²) in [7, 11) is 1.23. The van der Waals surface area contributed by atoms with Gasteiger partial charge in [-0.2, -0.15) is 18.3 Å². The molecule has 6 nitrogen and oxygen atoms in total. The minimum absolute atomic E-state index is 0.0950. The highest BCUT2D eigenvalue weighted by molar-refractivity contribution is 7.17. The number of amides is 2. The molecule has 2 aliphatic carbocycles. The zero-order valence-electron chi connectivity index (χ0n) is 18.8. The van der Waals surface area contributed by atoms with E-state index in [0.29, 0.717) is 22.9 Å². The van der Waals surface area contributed by atoms with Gasteiger partial charge in [0.2, 0.25) is 0 Å². The van der Waals surface area contributed by atoms with Crippen molar-refractivity contribution < 1.29 is 22.8 Å². The molecule has 1 saturated carbocycles. The lowest BCUT2D eigenvalue weighted by Crippen LogP contribution is -2.29. The first-order chi connectivity index (χ1) is 15.3. The molecule has 2 heterocycles. The third-order valence-corrected chi connectivity index (χ3v) is 7.86. The van der Waals surface area contributed by atoms with Crippen molar-refractivity contribution in [2.45, 2.75) is 65.1 Å². The van der Waals surface area contributed by atoms with Crippen LogP contribution in [0.1, 0.15) is 77.0 Å². The van der Waals surface area contributed by atoms with Gasteiger partial charge in [-0.1, -0.05) is 32.4 Å². The van der Waals surface area contributed by atoms with Crippen LogP contribution in [0.3, 0.4) is 0 Å². The Morgan fingerprint density at radius 3 is 2.36 bits per heavy atom. The highest BCUT2D eigenvalue weighted by Gasteiger charge is 2.40. The number of fused-ring (bicyclic) bond motifs is 1. The van der Waals surface area contributed by atoms with Crippen LogP contribution in [-0.2, 0) is 26.1 Å². The molecule has 2 aromatic rings. The average Bonchev–Trinajstić information content (AvgIpc) is 3.33. The Hall–Kier alpha value is -2.07. The lowest BCUT2D eigenvalue weighted by molar-refractivity contribution is -0.141. The van der Waals surface area contributed by atoms with Crippen molar-refractivity contribution in [2.24, 2.45) is 18.4 Å². The molecule has 0 spiro atoms. The van der Waals surface area contributed by atoms with E-state index in [1.165, 1.54) is 18.4 Å². The molecule has 0 saturated heterocycles. The number of rotatable bonds is 4. The van der Waals surface area contributed by atoms with Crippen molar-refractivity contribution >= 4 is 39.8 Å². The molecule has 2 aliphatic rings. The van der Waals surface area contributed by atoms with Crippen molar-refractivity contribution in [1.29, 1.82) is 0 Å². The standard InChI is InChI=1S/C22H26ClF3N4O2S/c1-21(2,3)10-5-8-12-13(9-10)33-20(14(12)18(31)27-11-6-7-11)28-19(32)16-15(23)17(22(24,25)26)29-30(16)4/h10-11H,5-9H2,1-4H3,(H,27,31)(H,28,32)/t10-/m1/s1.